The van der Waals surface area contributed by atoms with Crippen LogP contribution in [0.1, 0.15) is 17.1 Å². The second-order valence-corrected chi connectivity index (χ2v) is 4.21. The highest BCUT2D eigenvalue weighted by atomic mass is 15.0. The molecule has 0 atom stereocenters. The molecular formula is C13H18N4. The lowest BCUT2D eigenvalue weighted by atomic mass is 10.3. The summed E-state index contributed by atoms with van der Waals surface area (Å²) in [4.78, 5) is 8.63. The van der Waals surface area contributed by atoms with Crippen molar-refractivity contribution in [3.63, 3.8) is 0 Å². The summed E-state index contributed by atoms with van der Waals surface area (Å²) < 4.78 is 2.05. The minimum atomic E-state index is 0.810. The molecule has 0 saturated heterocycles. The third-order valence-corrected chi connectivity index (χ3v) is 2.73. The maximum Gasteiger partial charge on any atom is 0.109 e. The number of hydrogen-bond donors (Lipinski definition) is 1. The van der Waals surface area contributed by atoms with Crippen LogP contribution in [-0.2, 0) is 20.0 Å². The van der Waals surface area contributed by atoms with Crippen LogP contribution in [0.2, 0.25) is 0 Å². The van der Waals surface area contributed by atoms with Crippen LogP contribution in [0.3, 0.4) is 0 Å². The third-order valence-electron chi connectivity index (χ3n) is 2.73. The lowest BCUT2D eigenvalue weighted by molar-refractivity contribution is 0.646. The number of nitrogens with one attached hydrogen (secondary N) is 1. The van der Waals surface area contributed by atoms with E-state index in [1.807, 2.05) is 37.1 Å². The molecule has 2 heterocycles. The minimum absolute atomic E-state index is 0.810. The zero-order valence-electron chi connectivity index (χ0n) is 10.3. The van der Waals surface area contributed by atoms with Crippen molar-refractivity contribution < 1.29 is 0 Å². The van der Waals surface area contributed by atoms with Crippen molar-refractivity contribution in [1.82, 2.24) is 19.9 Å². The molecule has 2 rings (SSSR count). The fourth-order valence-corrected chi connectivity index (χ4v) is 1.66. The second-order valence-electron chi connectivity index (χ2n) is 4.21. The van der Waals surface area contributed by atoms with Gasteiger partial charge in [0.2, 0.25) is 0 Å². The Kier molecular flexibility index (Phi) is 3.88. The molecule has 0 aliphatic rings. The zero-order valence-corrected chi connectivity index (χ0v) is 10.3. The number of hydrogen-bond acceptors (Lipinski definition) is 3. The first-order valence-corrected chi connectivity index (χ1v) is 5.84. The highest BCUT2D eigenvalue weighted by Crippen LogP contribution is 1.98. The van der Waals surface area contributed by atoms with Crippen molar-refractivity contribution in [3.8, 4) is 0 Å². The molecule has 4 nitrogen and oxygen atoms in total. The van der Waals surface area contributed by atoms with Gasteiger partial charge in [0.15, 0.2) is 0 Å². The van der Waals surface area contributed by atoms with E-state index in [2.05, 4.69) is 27.4 Å². The zero-order chi connectivity index (χ0) is 12.1. The van der Waals surface area contributed by atoms with Gasteiger partial charge in [-0.2, -0.15) is 0 Å². The predicted molar refractivity (Wildman–Crippen MR) is 67.6 cm³/mol. The smallest absolute Gasteiger partial charge is 0.109 e. The molecule has 0 aliphatic heterocycles. The van der Waals surface area contributed by atoms with Gasteiger partial charge in [-0.15, -0.1) is 0 Å². The van der Waals surface area contributed by atoms with E-state index in [0.29, 0.717) is 0 Å². The Morgan fingerprint density at radius 1 is 1.29 bits per heavy atom. The minimum Gasteiger partial charge on any atom is -0.338 e. The molecule has 17 heavy (non-hydrogen) atoms. The highest BCUT2D eigenvalue weighted by Gasteiger charge is 1.98. The lowest BCUT2D eigenvalue weighted by Crippen LogP contribution is -2.18. The van der Waals surface area contributed by atoms with Crippen LogP contribution in [0.15, 0.2) is 30.7 Å². The molecule has 0 aliphatic carbocycles. The molecule has 0 aromatic carbocycles. The van der Waals surface area contributed by atoms with E-state index >= 15 is 0 Å². The van der Waals surface area contributed by atoms with Gasteiger partial charge in [-0.1, -0.05) is 6.07 Å². The summed E-state index contributed by atoms with van der Waals surface area (Å²) >= 11 is 0. The highest BCUT2D eigenvalue weighted by molar-refractivity contribution is 5.11. The van der Waals surface area contributed by atoms with Crippen molar-refractivity contribution in [3.05, 3.63) is 47.8 Å². The molecule has 0 unspecified atom stereocenters. The number of rotatable bonds is 5. The van der Waals surface area contributed by atoms with Gasteiger partial charge in [0.05, 0.1) is 5.69 Å². The second kappa shape index (κ2) is 5.59. The summed E-state index contributed by atoms with van der Waals surface area (Å²) in [5.74, 6) is 1.11. The SMILES string of the molecule is Cc1ccc(CNCCc2nccn2C)nc1. The van der Waals surface area contributed by atoms with Crippen molar-refractivity contribution in [2.75, 3.05) is 6.54 Å². The van der Waals surface area contributed by atoms with Crippen LogP contribution in [-0.4, -0.2) is 21.1 Å². The van der Waals surface area contributed by atoms with Gasteiger partial charge in [0, 0.05) is 45.1 Å². The first-order valence-electron chi connectivity index (χ1n) is 5.84. The van der Waals surface area contributed by atoms with Crippen molar-refractivity contribution in [1.29, 1.82) is 0 Å². The molecule has 1 N–H and O–H groups in total. The van der Waals surface area contributed by atoms with Gasteiger partial charge in [0.1, 0.15) is 5.82 Å². The van der Waals surface area contributed by atoms with Crippen molar-refractivity contribution >= 4 is 0 Å². The number of imidazole rings is 1. The standard InChI is InChI=1S/C13H18N4/c1-11-3-4-12(16-9-11)10-14-6-5-13-15-7-8-17(13)2/h3-4,7-9,14H,5-6,10H2,1-2H3. The van der Waals surface area contributed by atoms with E-state index in [1.54, 1.807) is 0 Å². The number of pyridine rings is 1. The Bertz CT molecular complexity index is 459. The van der Waals surface area contributed by atoms with Crippen LogP contribution >= 0.6 is 0 Å². The lowest BCUT2D eigenvalue weighted by Gasteiger charge is -2.05. The molecule has 4 heteroatoms. The molecule has 0 saturated carbocycles. The Morgan fingerprint density at radius 3 is 2.82 bits per heavy atom. The Labute approximate surface area is 102 Å². The number of nitrogens with zero attached hydrogens (tertiary/aromatic N) is 3. The topological polar surface area (TPSA) is 42.7 Å². The van der Waals surface area contributed by atoms with Gasteiger partial charge in [-0.25, -0.2) is 4.98 Å². The van der Waals surface area contributed by atoms with E-state index in [9.17, 15) is 0 Å². The molecule has 2 aromatic rings. The molecule has 0 fully saturated rings. The molecular weight excluding hydrogens is 212 g/mol. The average Bonchev–Trinajstić information content (AvgIpc) is 2.73. The monoisotopic (exact) mass is 230 g/mol. The van der Waals surface area contributed by atoms with Gasteiger partial charge < -0.3 is 9.88 Å². The Morgan fingerprint density at radius 2 is 2.18 bits per heavy atom. The third kappa shape index (κ3) is 3.39. The van der Waals surface area contributed by atoms with Crippen LogP contribution < -0.4 is 5.32 Å². The predicted octanol–water partition coefficient (Wildman–Crippen LogP) is 1.46. The quantitative estimate of drug-likeness (QED) is 0.791. The average molecular weight is 230 g/mol. The Hall–Kier alpha value is -1.68. The number of aryl methyl sites for hydroxylation is 2. The normalized spacial score (nSPS) is 10.7. The van der Waals surface area contributed by atoms with Gasteiger partial charge in [-0.3, -0.25) is 4.98 Å². The largest absolute Gasteiger partial charge is 0.338 e. The molecule has 0 bridgehead atoms. The van der Waals surface area contributed by atoms with Crippen molar-refractivity contribution in [2.45, 2.75) is 19.9 Å². The molecule has 0 spiro atoms. The summed E-state index contributed by atoms with van der Waals surface area (Å²) in [6, 6.07) is 4.14. The molecule has 90 valence electrons. The summed E-state index contributed by atoms with van der Waals surface area (Å²) in [7, 11) is 2.02. The fraction of sp³-hybridized carbons (Fsp3) is 0.385. The Balaban J connectivity index is 1.73. The van der Waals surface area contributed by atoms with E-state index in [-0.39, 0.29) is 0 Å². The van der Waals surface area contributed by atoms with E-state index < -0.39 is 0 Å². The van der Waals surface area contributed by atoms with Crippen LogP contribution in [0.25, 0.3) is 0 Å². The van der Waals surface area contributed by atoms with E-state index in [4.69, 9.17) is 0 Å². The maximum atomic E-state index is 4.35. The first kappa shape index (κ1) is 11.8. The van der Waals surface area contributed by atoms with Gasteiger partial charge in [-0.05, 0) is 18.6 Å². The van der Waals surface area contributed by atoms with E-state index in [1.165, 1.54) is 5.56 Å². The molecule has 2 aromatic heterocycles. The summed E-state index contributed by atoms with van der Waals surface area (Å²) in [5, 5.41) is 3.37. The summed E-state index contributed by atoms with van der Waals surface area (Å²) in [5.41, 5.74) is 2.28. The first-order chi connectivity index (χ1) is 8.25. The van der Waals surface area contributed by atoms with Crippen molar-refractivity contribution in [2.24, 2.45) is 7.05 Å². The van der Waals surface area contributed by atoms with Crippen LogP contribution in [0.4, 0.5) is 0 Å². The van der Waals surface area contributed by atoms with E-state index in [0.717, 1.165) is 31.0 Å². The van der Waals surface area contributed by atoms with Crippen LogP contribution in [0.5, 0.6) is 0 Å². The molecule has 0 radical (unpaired) electrons. The fourth-order valence-electron chi connectivity index (χ4n) is 1.66. The summed E-state index contributed by atoms with van der Waals surface area (Å²) in [6.07, 6.45) is 6.64. The molecule has 0 amide bonds. The van der Waals surface area contributed by atoms with Gasteiger partial charge >= 0.3 is 0 Å². The number of aromatic nitrogens is 3. The summed E-state index contributed by atoms with van der Waals surface area (Å²) in [6.45, 7) is 3.77. The van der Waals surface area contributed by atoms with Crippen LogP contribution in [0, 0.1) is 6.92 Å². The maximum absolute atomic E-state index is 4.35. The van der Waals surface area contributed by atoms with Gasteiger partial charge in [0.25, 0.3) is 0 Å².